The van der Waals surface area contributed by atoms with Crippen molar-refractivity contribution in [3.8, 4) is 0 Å². The van der Waals surface area contributed by atoms with Crippen molar-refractivity contribution in [2.75, 3.05) is 0 Å². The highest BCUT2D eigenvalue weighted by molar-refractivity contribution is 8.18. The number of benzene rings is 3. The van der Waals surface area contributed by atoms with Crippen LogP contribution in [-0.4, -0.2) is 20.9 Å². The van der Waals surface area contributed by atoms with Gasteiger partial charge in [-0.2, -0.15) is 0 Å². The first-order valence-electron chi connectivity index (χ1n) is 9.34. The van der Waals surface area contributed by atoms with Gasteiger partial charge in [-0.1, -0.05) is 66.2 Å². The molecule has 1 amide bonds. The lowest BCUT2D eigenvalue weighted by Gasteiger charge is -2.15. The molecule has 0 saturated carbocycles. The highest BCUT2D eigenvalue weighted by atomic mass is 35.5. The predicted octanol–water partition coefficient (Wildman–Crippen LogP) is 6.05. The fourth-order valence-corrected chi connectivity index (χ4v) is 4.20. The maximum absolute atomic E-state index is 13.2. The topological polar surface area (TPSA) is 75.8 Å². The van der Waals surface area contributed by atoms with Gasteiger partial charge < -0.3 is 0 Å². The van der Waals surface area contributed by atoms with Gasteiger partial charge in [-0.25, -0.2) is 4.99 Å². The molecule has 1 heterocycles. The Morgan fingerprint density at radius 3 is 2.39 bits per heavy atom. The van der Waals surface area contributed by atoms with Gasteiger partial charge in [-0.15, -0.1) is 0 Å². The van der Waals surface area contributed by atoms with Crippen molar-refractivity contribution in [2.24, 2.45) is 4.99 Å². The summed E-state index contributed by atoms with van der Waals surface area (Å²) in [6.45, 7) is 0.371. The first kappa shape index (κ1) is 20.8. The van der Waals surface area contributed by atoms with E-state index in [1.54, 1.807) is 17.0 Å². The monoisotopic (exact) mass is 449 g/mol. The van der Waals surface area contributed by atoms with E-state index in [1.165, 1.54) is 23.9 Å². The number of amidine groups is 1. The second kappa shape index (κ2) is 9.16. The summed E-state index contributed by atoms with van der Waals surface area (Å²) in [6, 6.07) is 23.5. The summed E-state index contributed by atoms with van der Waals surface area (Å²) in [7, 11) is 0. The zero-order chi connectivity index (χ0) is 21.8. The zero-order valence-corrected chi connectivity index (χ0v) is 17.7. The van der Waals surface area contributed by atoms with E-state index in [-0.39, 0.29) is 16.6 Å². The molecule has 0 unspecified atom stereocenters. The second-order valence-electron chi connectivity index (χ2n) is 6.69. The molecule has 0 aromatic heterocycles. The Hall–Kier alpha value is -3.42. The van der Waals surface area contributed by atoms with Crippen molar-refractivity contribution in [2.45, 2.75) is 6.54 Å². The van der Waals surface area contributed by atoms with Crippen LogP contribution in [0.25, 0.3) is 6.08 Å². The molecule has 6 nitrogen and oxygen atoms in total. The summed E-state index contributed by atoms with van der Waals surface area (Å²) < 4.78 is 0. The molecule has 4 rings (SSSR count). The minimum absolute atomic E-state index is 0.0505. The normalized spacial score (nSPS) is 16.3. The summed E-state index contributed by atoms with van der Waals surface area (Å²) >= 11 is 7.14. The third-order valence-electron chi connectivity index (χ3n) is 4.52. The molecule has 1 fully saturated rings. The summed E-state index contributed by atoms with van der Waals surface area (Å²) in [5.74, 6) is -0.207. The molecule has 0 aliphatic carbocycles. The number of nitro benzene ring substituents is 1. The van der Waals surface area contributed by atoms with E-state index in [0.717, 1.165) is 11.3 Å². The van der Waals surface area contributed by atoms with Gasteiger partial charge in [0.05, 0.1) is 22.1 Å². The average molecular weight is 450 g/mol. The molecule has 1 aliphatic heterocycles. The van der Waals surface area contributed by atoms with Crippen LogP contribution in [0.3, 0.4) is 0 Å². The number of carbonyl (C=O) groups excluding carboxylic acids is 1. The van der Waals surface area contributed by atoms with Crippen molar-refractivity contribution in [1.29, 1.82) is 0 Å². The minimum atomic E-state index is -0.544. The number of rotatable bonds is 5. The Kier molecular flexibility index (Phi) is 6.16. The van der Waals surface area contributed by atoms with Gasteiger partial charge in [0, 0.05) is 6.07 Å². The van der Waals surface area contributed by atoms with E-state index < -0.39 is 4.92 Å². The number of hydrogen-bond donors (Lipinski definition) is 0. The number of amides is 1. The number of hydrogen-bond acceptors (Lipinski definition) is 5. The van der Waals surface area contributed by atoms with Crippen LogP contribution in [0.1, 0.15) is 11.1 Å². The van der Waals surface area contributed by atoms with E-state index in [4.69, 9.17) is 11.6 Å². The molecule has 3 aromatic rings. The van der Waals surface area contributed by atoms with Crippen LogP contribution in [-0.2, 0) is 11.3 Å². The van der Waals surface area contributed by atoms with E-state index in [1.807, 2.05) is 60.7 Å². The average Bonchev–Trinajstić information content (AvgIpc) is 3.05. The maximum Gasteiger partial charge on any atom is 0.288 e. The van der Waals surface area contributed by atoms with Crippen LogP contribution >= 0.6 is 23.4 Å². The minimum Gasteiger partial charge on any atom is -0.282 e. The number of para-hydroxylation sites is 1. The molecule has 0 radical (unpaired) electrons. The highest BCUT2D eigenvalue weighted by Gasteiger charge is 2.33. The van der Waals surface area contributed by atoms with E-state index in [9.17, 15) is 14.9 Å². The third kappa shape index (κ3) is 4.84. The van der Waals surface area contributed by atoms with Crippen LogP contribution in [0.5, 0.6) is 0 Å². The molecule has 0 atom stereocenters. The molecule has 31 heavy (non-hydrogen) atoms. The Bertz CT molecular complexity index is 1200. The van der Waals surface area contributed by atoms with Crippen LogP contribution in [0.15, 0.2) is 88.8 Å². The highest BCUT2D eigenvalue weighted by Crippen LogP contribution is 2.36. The molecule has 3 aromatic carbocycles. The first-order valence-corrected chi connectivity index (χ1v) is 10.5. The largest absolute Gasteiger partial charge is 0.288 e. The number of halogens is 1. The van der Waals surface area contributed by atoms with Crippen LogP contribution in [0.2, 0.25) is 5.02 Å². The van der Waals surface area contributed by atoms with E-state index in [2.05, 4.69) is 4.99 Å². The number of nitrogens with zero attached hydrogens (tertiary/aromatic N) is 3. The summed E-state index contributed by atoms with van der Waals surface area (Å²) in [4.78, 5) is 30.5. The van der Waals surface area contributed by atoms with Gasteiger partial charge in [0.25, 0.3) is 11.6 Å². The Morgan fingerprint density at radius 1 is 1.03 bits per heavy atom. The standard InChI is InChI=1S/C23H16ClN3O3S/c24-19-12-11-17(13-20(19)27(29)30)14-21-22(28)26(15-16-7-3-1-4-8-16)23(31-21)25-18-9-5-2-6-10-18/h1-14H,15H2/b21-14+,25-23?. The van der Waals surface area contributed by atoms with Gasteiger partial charge in [0.15, 0.2) is 5.17 Å². The van der Waals surface area contributed by atoms with Crippen molar-refractivity contribution in [1.82, 2.24) is 4.90 Å². The summed E-state index contributed by atoms with van der Waals surface area (Å²) in [5, 5.41) is 11.8. The fraction of sp³-hybridized carbons (Fsp3) is 0.0435. The lowest BCUT2D eigenvalue weighted by molar-refractivity contribution is -0.384. The smallest absolute Gasteiger partial charge is 0.282 e. The van der Waals surface area contributed by atoms with Crippen LogP contribution in [0, 0.1) is 10.1 Å². The van der Waals surface area contributed by atoms with Gasteiger partial charge in [-0.05, 0) is 47.2 Å². The molecule has 0 spiro atoms. The van der Waals surface area contributed by atoms with Crippen molar-refractivity contribution in [3.63, 3.8) is 0 Å². The molecule has 0 N–H and O–H groups in total. The van der Waals surface area contributed by atoms with Crippen molar-refractivity contribution < 1.29 is 9.72 Å². The molecule has 1 saturated heterocycles. The molecular formula is C23H16ClN3O3S. The predicted molar refractivity (Wildman–Crippen MR) is 124 cm³/mol. The molecule has 154 valence electrons. The number of thioether (sulfide) groups is 1. The SMILES string of the molecule is O=C1/C(=C\c2ccc(Cl)c([N+](=O)[O-])c2)SC(=Nc2ccccc2)N1Cc1ccccc1. The second-order valence-corrected chi connectivity index (χ2v) is 8.10. The number of nitro groups is 1. The Balaban J connectivity index is 1.71. The quantitative estimate of drug-likeness (QED) is 0.270. The lowest BCUT2D eigenvalue weighted by atomic mass is 10.1. The number of aliphatic imine (C=N–C) groups is 1. The van der Waals surface area contributed by atoms with Gasteiger partial charge >= 0.3 is 0 Å². The molecule has 8 heteroatoms. The van der Waals surface area contributed by atoms with E-state index in [0.29, 0.717) is 22.2 Å². The van der Waals surface area contributed by atoms with Crippen LogP contribution < -0.4 is 0 Å². The summed E-state index contributed by atoms with van der Waals surface area (Å²) in [6.07, 6.45) is 1.63. The van der Waals surface area contributed by atoms with Gasteiger partial charge in [0.1, 0.15) is 5.02 Å². The van der Waals surface area contributed by atoms with Gasteiger partial charge in [-0.3, -0.25) is 19.8 Å². The Labute approximate surface area is 188 Å². The summed E-state index contributed by atoms with van der Waals surface area (Å²) in [5.41, 5.74) is 2.03. The molecule has 1 aliphatic rings. The van der Waals surface area contributed by atoms with E-state index >= 15 is 0 Å². The fourth-order valence-electron chi connectivity index (χ4n) is 3.02. The maximum atomic E-state index is 13.2. The third-order valence-corrected chi connectivity index (χ3v) is 5.84. The number of carbonyl (C=O) groups is 1. The molecule has 0 bridgehead atoms. The molecular weight excluding hydrogens is 434 g/mol. The van der Waals surface area contributed by atoms with Crippen molar-refractivity contribution in [3.05, 3.63) is 110 Å². The van der Waals surface area contributed by atoms with Crippen molar-refractivity contribution >= 4 is 51.9 Å². The lowest BCUT2D eigenvalue weighted by Crippen LogP contribution is -2.28. The van der Waals surface area contributed by atoms with Gasteiger partial charge in [0.2, 0.25) is 0 Å². The Morgan fingerprint density at radius 2 is 1.71 bits per heavy atom. The zero-order valence-electron chi connectivity index (χ0n) is 16.1. The van der Waals surface area contributed by atoms with Crippen LogP contribution in [0.4, 0.5) is 11.4 Å². The first-order chi connectivity index (χ1) is 15.0.